The lowest BCUT2D eigenvalue weighted by molar-refractivity contribution is -0.129. The van der Waals surface area contributed by atoms with E-state index < -0.39 is 17.6 Å². The van der Waals surface area contributed by atoms with Gasteiger partial charge in [-0.3, -0.25) is 15.3 Å². The van der Waals surface area contributed by atoms with Crippen molar-refractivity contribution in [3.63, 3.8) is 0 Å². The number of hydrogen-bond acceptors (Lipinski definition) is 3. The van der Waals surface area contributed by atoms with Crippen LogP contribution in [0.4, 0.5) is 0 Å². The van der Waals surface area contributed by atoms with E-state index >= 15 is 0 Å². The molecule has 0 saturated carbocycles. The van der Waals surface area contributed by atoms with Crippen LogP contribution >= 0.6 is 0 Å². The zero-order valence-corrected chi connectivity index (χ0v) is 5.83. The molecule has 1 unspecified atom stereocenters. The molecular weight excluding hydrogens is 144 g/mol. The summed E-state index contributed by atoms with van der Waals surface area (Å²) >= 11 is 0. The van der Waals surface area contributed by atoms with Crippen LogP contribution < -0.4 is 5.73 Å². The number of allylic oxidation sites excluding steroid dienone is 1. The Balaban J connectivity index is 4.29. The SMILES string of the molecule is C=CCC(=O)C(C#N)C([NH])=O. The van der Waals surface area contributed by atoms with Crippen LogP contribution in [0.25, 0.3) is 0 Å². The Bertz CT molecular complexity index is 227. The number of carbonyl (C=O) groups excluding carboxylic acids is 2. The van der Waals surface area contributed by atoms with E-state index in [0.717, 1.165) is 0 Å². The molecule has 0 bridgehead atoms. The Labute approximate surface area is 64.3 Å². The van der Waals surface area contributed by atoms with Crippen molar-refractivity contribution in [3.05, 3.63) is 12.7 Å². The molecule has 0 rings (SSSR count). The van der Waals surface area contributed by atoms with Crippen LogP contribution in [-0.2, 0) is 9.59 Å². The number of nitriles is 1. The van der Waals surface area contributed by atoms with Gasteiger partial charge in [0, 0.05) is 6.42 Å². The van der Waals surface area contributed by atoms with E-state index in [1.807, 2.05) is 0 Å². The zero-order chi connectivity index (χ0) is 8.85. The van der Waals surface area contributed by atoms with Crippen molar-refractivity contribution in [2.75, 3.05) is 0 Å². The van der Waals surface area contributed by atoms with E-state index in [4.69, 9.17) is 11.0 Å². The highest BCUT2D eigenvalue weighted by molar-refractivity contribution is 6.03. The van der Waals surface area contributed by atoms with Crippen molar-refractivity contribution >= 4 is 11.7 Å². The molecule has 57 valence electrons. The molecule has 0 aromatic heterocycles. The maximum atomic E-state index is 10.8. The Morgan fingerprint density at radius 1 is 1.73 bits per heavy atom. The molecule has 0 aliphatic carbocycles. The summed E-state index contributed by atoms with van der Waals surface area (Å²) in [5.41, 5.74) is 6.53. The van der Waals surface area contributed by atoms with Crippen LogP contribution in [0, 0.1) is 17.2 Å². The first kappa shape index (κ1) is 9.37. The summed E-state index contributed by atoms with van der Waals surface area (Å²) in [7, 11) is 0. The number of nitrogens with one attached hydrogen (secondary N) is 1. The van der Waals surface area contributed by atoms with Crippen molar-refractivity contribution in [2.24, 2.45) is 5.92 Å². The monoisotopic (exact) mass is 151 g/mol. The average molecular weight is 151 g/mol. The molecule has 0 saturated heterocycles. The molecule has 4 nitrogen and oxygen atoms in total. The van der Waals surface area contributed by atoms with Gasteiger partial charge in [-0.2, -0.15) is 5.26 Å². The van der Waals surface area contributed by atoms with E-state index in [1.54, 1.807) is 0 Å². The topological polar surface area (TPSA) is 81.7 Å². The van der Waals surface area contributed by atoms with Gasteiger partial charge in [0.15, 0.2) is 11.7 Å². The van der Waals surface area contributed by atoms with E-state index in [1.165, 1.54) is 12.1 Å². The number of rotatable bonds is 4. The van der Waals surface area contributed by atoms with Gasteiger partial charge >= 0.3 is 0 Å². The lowest BCUT2D eigenvalue weighted by Gasteiger charge is -1.98. The molecular formula is C7H7N2O2. The molecule has 1 amide bonds. The fourth-order valence-electron chi connectivity index (χ4n) is 0.537. The summed E-state index contributed by atoms with van der Waals surface area (Å²) in [5, 5.41) is 8.25. The molecule has 0 aliphatic heterocycles. The maximum Gasteiger partial charge on any atom is 0.263 e. The highest BCUT2D eigenvalue weighted by Crippen LogP contribution is 2.00. The van der Waals surface area contributed by atoms with Gasteiger partial charge < -0.3 is 0 Å². The Morgan fingerprint density at radius 3 is 2.55 bits per heavy atom. The second-order valence-corrected chi connectivity index (χ2v) is 1.89. The summed E-state index contributed by atoms with van der Waals surface area (Å²) in [6.07, 6.45) is 1.26. The van der Waals surface area contributed by atoms with Crippen LogP contribution in [0.1, 0.15) is 6.42 Å². The Morgan fingerprint density at radius 2 is 2.27 bits per heavy atom. The fraction of sp³-hybridized carbons (Fsp3) is 0.286. The van der Waals surface area contributed by atoms with Gasteiger partial charge in [-0.15, -0.1) is 6.58 Å². The summed E-state index contributed by atoms with van der Waals surface area (Å²) in [6.45, 7) is 3.27. The van der Waals surface area contributed by atoms with Gasteiger partial charge in [0.1, 0.15) is 0 Å². The van der Waals surface area contributed by atoms with Gasteiger partial charge in [0.05, 0.1) is 6.07 Å². The van der Waals surface area contributed by atoms with Crippen molar-refractivity contribution in [1.82, 2.24) is 5.73 Å². The largest absolute Gasteiger partial charge is 0.297 e. The molecule has 1 atom stereocenters. The second kappa shape index (κ2) is 4.23. The lowest BCUT2D eigenvalue weighted by Crippen LogP contribution is -2.22. The molecule has 4 heteroatoms. The number of hydrogen-bond donors (Lipinski definition) is 0. The van der Waals surface area contributed by atoms with Crippen LogP contribution in [-0.4, -0.2) is 11.7 Å². The highest BCUT2D eigenvalue weighted by Gasteiger charge is 2.22. The maximum absolute atomic E-state index is 10.8. The van der Waals surface area contributed by atoms with Crippen LogP contribution in [0.3, 0.4) is 0 Å². The molecule has 0 spiro atoms. The molecule has 0 aliphatic rings. The number of amides is 1. The van der Waals surface area contributed by atoms with E-state index in [2.05, 4.69) is 6.58 Å². The molecule has 0 aromatic carbocycles. The first-order chi connectivity index (χ1) is 5.13. The fourth-order valence-corrected chi connectivity index (χ4v) is 0.537. The molecule has 0 aromatic rings. The number of nitrogens with zero attached hydrogens (tertiary/aromatic N) is 1. The summed E-state index contributed by atoms with van der Waals surface area (Å²) < 4.78 is 0. The Hall–Kier alpha value is -1.63. The van der Waals surface area contributed by atoms with Crippen LogP contribution in [0.5, 0.6) is 0 Å². The van der Waals surface area contributed by atoms with Crippen molar-refractivity contribution in [1.29, 1.82) is 5.26 Å². The van der Waals surface area contributed by atoms with Crippen LogP contribution in [0.2, 0.25) is 0 Å². The van der Waals surface area contributed by atoms with Gasteiger partial charge in [0.2, 0.25) is 0 Å². The lowest BCUT2D eigenvalue weighted by atomic mass is 10.0. The minimum absolute atomic E-state index is 0.0388. The molecule has 0 heterocycles. The van der Waals surface area contributed by atoms with Crippen molar-refractivity contribution in [3.8, 4) is 6.07 Å². The van der Waals surface area contributed by atoms with Crippen molar-refractivity contribution in [2.45, 2.75) is 6.42 Å². The van der Waals surface area contributed by atoms with E-state index in [0.29, 0.717) is 0 Å². The predicted molar refractivity (Wildman–Crippen MR) is 37.0 cm³/mol. The van der Waals surface area contributed by atoms with Crippen molar-refractivity contribution < 1.29 is 9.59 Å². The predicted octanol–water partition coefficient (Wildman–Crippen LogP) is 0.0809. The van der Waals surface area contributed by atoms with Crippen LogP contribution in [0.15, 0.2) is 12.7 Å². The molecule has 1 N–H and O–H groups in total. The zero-order valence-electron chi connectivity index (χ0n) is 5.83. The molecule has 1 radical (unpaired) electrons. The van der Waals surface area contributed by atoms with Gasteiger partial charge in [0.25, 0.3) is 5.91 Å². The molecule has 11 heavy (non-hydrogen) atoms. The third-order valence-corrected chi connectivity index (χ3v) is 1.06. The summed E-state index contributed by atoms with van der Waals surface area (Å²) in [6, 6.07) is 1.45. The van der Waals surface area contributed by atoms with Gasteiger partial charge in [-0.1, -0.05) is 6.08 Å². The summed E-state index contributed by atoms with van der Waals surface area (Å²) in [4.78, 5) is 21.1. The highest BCUT2D eigenvalue weighted by atomic mass is 16.2. The number of carbonyl (C=O) groups is 2. The number of Topliss-reactive ketones (excluding diaryl/α,β-unsaturated/α-hetero) is 1. The first-order valence-electron chi connectivity index (χ1n) is 2.92. The standard InChI is InChI=1S/C7H7N2O2/c1-2-3-6(10)5(4-8)7(9)11/h2,5,9H,1,3H2. The molecule has 0 fully saturated rings. The Kier molecular flexibility index (Phi) is 3.60. The van der Waals surface area contributed by atoms with Gasteiger partial charge in [-0.25, -0.2) is 0 Å². The first-order valence-corrected chi connectivity index (χ1v) is 2.92. The van der Waals surface area contributed by atoms with E-state index in [9.17, 15) is 9.59 Å². The third-order valence-electron chi connectivity index (χ3n) is 1.06. The summed E-state index contributed by atoms with van der Waals surface area (Å²) in [5.74, 6) is -3.16. The normalized spacial score (nSPS) is 11.2. The van der Waals surface area contributed by atoms with Gasteiger partial charge in [-0.05, 0) is 0 Å². The number of ketones is 1. The average Bonchev–Trinajstić information content (AvgIpc) is 1.88. The third kappa shape index (κ3) is 2.63. The van der Waals surface area contributed by atoms with E-state index in [-0.39, 0.29) is 6.42 Å². The second-order valence-electron chi connectivity index (χ2n) is 1.89. The minimum Gasteiger partial charge on any atom is -0.297 e. The minimum atomic E-state index is -1.44. The quantitative estimate of drug-likeness (QED) is 0.421. The smallest absolute Gasteiger partial charge is 0.263 e.